The van der Waals surface area contributed by atoms with Gasteiger partial charge in [-0.1, -0.05) is 35.9 Å². The molecule has 26 heavy (non-hydrogen) atoms. The van der Waals surface area contributed by atoms with Gasteiger partial charge in [-0.3, -0.25) is 0 Å². The maximum Gasteiger partial charge on any atom is 0.181 e. The molecule has 1 aliphatic carbocycles. The summed E-state index contributed by atoms with van der Waals surface area (Å²) >= 11 is 6.12. The van der Waals surface area contributed by atoms with Gasteiger partial charge in [-0.25, -0.2) is 4.39 Å². The maximum absolute atomic E-state index is 14.8. The molecule has 2 aromatic carbocycles. The van der Waals surface area contributed by atoms with Crippen molar-refractivity contribution in [2.24, 2.45) is 5.73 Å². The fraction of sp³-hybridized carbons (Fsp3) is 0.368. The van der Waals surface area contributed by atoms with Gasteiger partial charge in [0.05, 0.1) is 5.02 Å². The van der Waals surface area contributed by atoms with Crippen molar-refractivity contribution in [3.05, 3.63) is 58.9 Å². The van der Waals surface area contributed by atoms with Crippen LogP contribution in [0, 0.1) is 5.82 Å². The molecule has 1 saturated carbocycles. The summed E-state index contributed by atoms with van der Waals surface area (Å²) in [4.78, 5) is 0. The van der Waals surface area contributed by atoms with E-state index in [4.69, 9.17) is 22.1 Å². The first-order valence-electron chi connectivity index (χ1n) is 8.32. The van der Waals surface area contributed by atoms with Crippen LogP contribution in [0.2, 0.25) is 5.02 Å². The van der Waals surface area contributed by atoms with E-state index in [1.54, 1.807) is 24.3 Å². The van der Waals surface area contributed by atoms with E-state index in [0.29, 0.717) is 29.9 Å². The number of nitrogens with one attached hydrogen (secondary N) is 1. The van der Waals surface area contributed by atoms with Crippen LogP contribution in [0.1, 0.15) is 31.2 Å². The Hall–Kier alpha value is -1.04. The van der Waals surface area contributed by atoms with Gasteiger partial charge >= 0.3 is 0 Å². The molecule has 3 N–H and O–H groups in total. The summed E-state index contributed by atoms with van der Waals surface area (Å²) in [5.41, 5.74) is 6.47. The predicted octanol–water partition coefficient (Wildman–Crippen LogP) is 5.47. The Morgan fingerprint density at radius 1 is 1.04 bits per heavy atom. The average Bonchev–Trinajstić information content (AvgIpc) is 2.60. The van der Waals surface area contributed by atoms with Gasteiger partial charge in [0.25, 0.3) is 0 Å². The van der Waals surface area contributed by atoms with Gasteiger partial charge in [-0.15, -0.1) is 24.8 Å². The van der Waals surface area contributed by atoms with Crippen molar-refractivity contribution >= 4 is 36.4 Å². The number of halogens is 4. The van der Waals surface area contributed by atoms with Crippen molar-refractivity contribution in [2.75, 3.05) is 0 Å². The zero-order valence-electron chi connectivity index (χ0n) is 14.3. The molecule has 0 bridgehead atoms. The minimum atomic E-state index is -0.411. The second-order valence-electron chi connectivity index (χ2n) is 6.26. The number of rotatable bonds is 5. The second-order valence-corrected chi connectivity index (χ2v) is 6.66. The molecule has 3 rings (SSSR count). The second kappa shape index (κ2) is 11.0. The molecule has 144 valence electrons. The van der Waals surface area contributed by atoms with Crippen LogP contribution in [-0.2, 0) is 6.54 Å². The Morgan fingerprint density at radius 2 is 1.69 bits per heavy atom. The van der Waals surface area contributed by atoms with E-state index < -0.39 is 5.82 Å². The Balaban J connectivity index is 0.00000169. The van der Waals surface area contributed by atoms with Crippen LogP contribution in [0.3, 0.4) is 0 Å². The molecule has 0 saturated heterocycles. The number of hydrogen-bond donors (Lipinski definition) is 2. The molecule has 0 heterocycles. The van der Waals surface area contributed by atoms with Gasteiger partial charge in [0.2, 0.25) is 0 Å². The number of nitrogens with two attached hydrogens (primary N) is 1. The summed E-state index contributed by atoms with van der Waals surface area (Å²) in [6, 6.07) is 13.2. The first kappa shape index (κ1) is 23.0. The number of para-hydroxylation sites is 1. The lowest BCUT2D eigenvalue weighted by atomic mass is 9.92. The van der Waals surface area contributed by atoms with Gasteiger partial charge in [0, 0.05) is 24.2 Å². The van der Waals surface area contributed by atoms with Gasteiger partial charge in [-0.05, 0) is 43.9 Å². The van der Waals surface area contributed by atoms with Crippen LogP contribution in [0.15, 0.2) is 42.5 Å². The van der Waals surface area contributed by atoms with E-state index in [-0.39, 0.29) is 35.6 Å². The molecule has 0 aromatic heterocycles. The van der Waals surface area contributed by atoms with Crippen molar-refractivity contribution in [2.45, 2.75) is 44.3 Å². The predicted molar refractivity (Wildman–Crippen MR) is 109 cm³/mol. The van der Waals surface area contributed by atoms with Crippen molar-refractivity contribution in [3.63, 3.8) is 0 Å². The highest BCUT2D eigenvalue weighted by Crippen LogP contribution is 2.34. The summed E-state index contributed by atoms with van der Waals surface area (Å²) in [5, 5.41) is 3.68. The highest BCUT2D eigenvalue weighted by atomic mass is 35.5. The van der Waals surface area contributed by atoms with E-state index in [1.807, 2.05) is 18.2 Å². The molecular weight excluding hydrogens is 398 g/mol. The summed E-state index contributed by atoms with van der Waals surface area (Å²) in [6.07, 6.45) is 4.10. The quantitative estimate of drug-likeness (QED) is 0.672. The van der Waals surface area contributed by atoms with Gasteiger partial charge in [0.1, 0.15) is 5.75 Å². The Labute approximate surface area is 171 Å². The van der Waals surface area contributed by atoms with Crippen LogP contribution in [-0.4, -0.2) is 12.1 Å². The lowest BCUT2D eigenvalue weighted by molar-refractivity contribution is 0.339. The third-order valence-corrected chi connectivity index (χ3v) is 4.74. The highest BCUT2D eigenvalue weighted by molar-refractivity contribution is 6.32. The minimum Gasteiger partial charge on any atom is -0.453 e. The van der Waals surface area contributed by atoms with E-state index in [2.05, 4.69) is 5.32 Å². The van der Waals surface area contributed by atoms with Crippen LogP contribution in [0.5, 0.6) is 11.5 Å². The van der Waals surface area contributed by atoms with E-state index >= 15 is 0 Å². The highest BCUT2D eigenvalue weighted by Gasteiger charge is 2.20. The van der Waals surface area contributed by atoms with Crippen molar-refractivity contribution in [1.29, 1.82) is 0 Å². The molecule has 3 nitrogen and oxygen atoms in total. The first-order valence-corrected chi connectivity index (χ1v) is 8.70. The fourth-order valence-corrected chi connectivity index (χ4v) is 3.17. The van der Waals surface area contributed by atoms with Gasteiger partial charge < -0.3 is 15.8 Å². The molecule has 1 fully saturated rings. The molecule has 7 heteroatoms. The third kappa shape index (κ3) is 6.00. The van der Waals surface area contributed by atoms with E-state index in [9.17, 15) is 4.39 Å². The van der Waals surface area contributed by atoms with Crippen LogP contribution in [0.4, 0.5) is 4.39 Å². The van der Waals surface area contributed by atoms with Crippen molar-refractivity contribution in [3.8, 4) is 11.5 Å². The molecule has 0 spiro atoms. The monoisotopic (exact) mass is 420 g/mol. The Kier molecular flexibility index (Phi) is 9.69. The van der Waals surface area contributed by atoms with Crippen LogP contribution in [0.25, 0.3) is 0 Å². The lowest BCUT2D eigenvalue weighted by Crippen LogP contribution is -2.37. The average molecular weight is 422 g/mol. The largest absolute Gasteiger partial charge is 0.453 e. The minimum absolute atomic E-state index is 0. The molecule has 2 aromatic rings. The van der Waals surface area contributed by atoms with E-state index in [0.717, 1.165) is 25.7 Å². The smallest absolute Gasteiger partial charge is 0.181 e. The van der Waals surface area contributed by atoms with Crippen molar-refractivity contribution in [1.82, 2.24) is 5.32 Å². The zero-order chi connectivity index (χ0) is 16.9. The molecule has 0 aliphatic heterocycles. The van der Waals surface area contributed by atoms with Crippen LogP contribution < -0.4 is 15.8 Å². The number of hydrogen-bond acceptors (Lipinski definition) is 3. The fourth-order valence-electron chi connectivity index (χ4n) is 2.99. The maximum atomic E-state index is 14.8. The molecule has 0 unspecified atom stereocenters. The normalized spacial score (nSPS) is 19.2. The van der Waals surface area contributed by atoms with Gasteiger partial charge in [-0.2, -0.15) is 0 Å². The summed E-state index contributed by atoms with van der Waals surface area (Å²) in [7, 11) is 0. The molecule has 0 atom stereocenters. The SMILES string of the molecule is Cl.Cl.NC1CCC(NCc2ccc(Cl)c(Oc3ccccc3)c2F)CC1. The van der Waals surface area contributed by atoms with Gasteiger partial charge in [0.15, 0.2) is 11.6 Å². The van der Waals surface area contributed by atoms with Crippen molar-refractivity contribution < 1.29 is 9.13 Å². The molecule has 0 amide bonds. The summed E-state index contributed by atoms with van der Waals surface area (Å²) < 4.78 is 20.4. The topological polar surface area (TPSA) is 47.3 Å². The lowest BCUT2D eigenvalue weighted by Gasteiger charge is -2.27. The van der Waals surface area contributed by atoms with E-state index in [1.165, 1.54) is 0 Å². The number of benzene rings is 2. The number of ether oxygens (including phenoxy) is 1. The standard InChI is InChI=1S/C19H22ClFN2O.2ClH/c20-17-11-6-13(12-23-15-9-7-14(22)8-10-15)18(21)19(17)24-16-4-2-1-3-5-16;;/h1-6,11,14-15,23H,7-10,12,22H2;2*1H. The Morgan fingerprint density at radius 3 is 2.35 bits per heavy atom. The third-order valence-electron chi connectivity index (χ3n) is 4.45. The first-order chi connectivity index (χ1) is 11.6. The molecule has 0 radical (unpaired) electrons. The molecule has 1 aliphatic rings. The summed E-state index contributed by atoms with van der Waals surface area (Å²) in [6.45, 7) is 0.452. The summed E-state index contributed by atoms with van der Waals surface area (Å²) in [5.74, 6) is 0.226. The molecular formula is C19H24Cl3FN2O. The van der Waals surface area contributed by atoms with Crippen LogP contribution >= 0.6 is 36.4 Å². The Bertz CT molecular complexity index is 680. The zero-order valence-corrected chi connectivity index (χ0v) is 16.7.